The van der Waals surface area contributed by atoms with Crippen LogP contribution in [0.1, 0.15) is 65.7 Å². The van der Waals surface area contributed by atoms with Crippen LogP contribution < -0.4 is 5.32 Å². The zero-order valence-corrected chi connectivity index (χ0v) is 17.0. The maximum absolute atomic E-state index is 11.4. The summed E-state index contributed by atoms with van der Waals surface area (Å²) in [5.74, 6) is -0.198. The van der Waals surface area contributed by atoms with Gasteiger partial charge >= 0.3 is 0 Å². The van der Waals surface area contributed by atoms with Gasteiger partial charge in [0.1, 0.15) is 0 Å². The second kappa shape index (κ2) is 11.2. The first-order valence-corrected chi connectivity index (χ1v) is 12.5. The smallest absolute Gasteiger partial charge is 0.217 e. The van der Waals surface area contributed by atoms with Crippen LogP contribution in [-0.4, -0.2) is 42.9 Å². The van der Waals surface area contributed by atoms with Crippen molar-refractivity contribution in [2.75, 3.05) is 13.2 Å². The molecule has 0 aliphatic heterocycles. The molecule has 0 aromatic heterocycles. The number of aliphatic hydroxyl groups excluding tert-OH is 2. The molecule has 0 aromatic carbocycles. The minimum atomic E-state index is -1.44. The van der Waals surface area contributed by atoms with Gasteiger partial charge in [0.15, 0.2) is 0 Å². The molecule has 0 rings (SSSR count). The van der Waals surface area contributed by atoms with Crippen LogP contribution in [0.25, 0.3) is 0 Å². The van der Waals surface area contributed by atoms with Crippen LogP contribution in [0, 0.1) is 0 Å². The summed E-state index contributed by atoms with van der Waals surface area (Å²) < 4.78 is 0. The first-order valence-electron chi connectivity index (χ1n) is 9.23. The first-order chi connectivity index (χ1) is 10.7. The van der Waals surface area contributed by atoms with Crippen molar-refractivity contribution < 1.29 is 15.0 Å². The van der Waals surface area contributed by atoms with Gasteiger partial charge < -0.3 is 15.5 Å². The minimum absolute atomic E-state index is 0.198. The van der Waals surface area contributed by atoms with Gasteiger partial charge in [0.25, 0.3) is 0 Å². The normalized spacial score (nSPS) is 13.9. The lowest BCUT2D eigenvalue weighted by atomic mass is 9.95. The Balaban J connectivity index is 4.46. The number of nitrogens with one attached hydrogen (secondary N) is 1. The van der Waals surface area contributed by atoms with Gasteiger partial charge in [0.05, 0.1) is 26.8 Å². The standard InChI is InChI=1S/C18H39NO3Si/c1-6-7-8-9-10-11-12-23(4,5)16(2)13-18(14-20,15-21)19-17(3)22/h16,20-21H,6-15H2,1-5H3,(H,19,22). The van der Waals surface area contributed by atoms with Gasteiger partial charge in [0, 0.05) is 6.92 Å². The lowest BCUT2D eigenvalue weighted by Gasteiger charge is -2.38. The first kappa shape index (κ1) is 22.6. The van der Waals surface area contributed by atoms with Crippen molar-refractivity contribution in [3.63, 3.8) is 0 Å². The van der Waals surface area contributed by atoms with E-state index < -0.39 is 13.6 Å². The number of hydrogen-bond donors (Lipinski definition) is 3. The van der Waals surface area contributed by atoms with E-state index in [9.17, 15) is 15.0 Å². The van der Waals surface area contributed by atoms with Gasteiger partial charge in [-0.3, -0.25) is 4.79 Å². The van der Waals surface area contributed by atoms with E-state index in [1.165, 1.54) is 51.5 Å². The third-order valence-electron chi connectivity index (χ3n) is 5.25. The summed E-state index contributed by atoms with van der Waals surface area (Å²) in [5.41, 5.74) is -0.444. The largest absolute Gasteiger partial charge is 0.394 e. The maximum Gasteiger partial charge on any atom is 0.217 e. The number of amides is 1. The Kier molecular flexibility index (Phi) is 11.0. The zero-order chi connectivity index (χ0) is 17.9. The summed E-state index contributed by atoms with van der Waals surface area (Å²) in [4.78, 5) is 11.4. The molecule has 0 spiro atoms. The summed E-state index contributed by atoms with van der Waals surface area (Å²) >= 11 is 0. The van der Waals surface area contributed by atoms with Crippen LogP contribution in [0.5, 0.6) is 0 Å². The van der Waals surface area contributed by atoms with Crippen molar-refractivity contribution in [2.24, 2.45) is 0 Å². The highest BCUT2D eigenvalue weighted by molar-refractivity contribution is 6.78. The second-order valence-corrected chi connectivity index (χ2v) is 13.4. The fourth-order valence-corrected chi connectivity index (χ4v) is 5.75. The Labute approximate surface area is 144 Å². The van der Waals surface area contributed by atoms with Crippen molar-refractivity contribution in [3.8, 4) is 0 Å². The number of carbonyl (C=O) groups is 1. The van der Waals surface area contributed by atoms with E-state index in [1.54, 1.807) is 0 Å². The Hall–Kier alpha value is -0.393. The van der Waals surface area contributed by atoms with E-state index >= 15 is 0 Å². The van der Waals surface area contributed by atoms with Gasteiger partial charge in [-0.15, -0.1) is 0 Å². The lowest BCUT2D eigenvalue weighted by molar-refractivity contribution is -0.122. The molecule has 3 N–H and O–H groups in total. The van der Waals surface area contributed by atoms with Crippen molar-refractivity contribution >= 4 is 14.0 Å². The molecule has 0 aliphatic carbocycles. The van der Waals surface area contributed by atoms with E-state index in [2.05, 4.69) is 32.3 Å². The Morgan fingerprint density at radius 2 is 1.61 bits per heavy atom. The highest BCUT2D eigenvalue weighted by Gasteiger charge is 2.37. The molecule has 1 amide bonds. The fraction of sp³-hybridized carbons (Fsp3) is 0.944. The molecule has 0 aliphatic rings. The average molecular weight is 346 g/mol. The number of rotatable bonds is 13. The Morgan fingerprint density at radius 3 is 2.09 bits per heavy atom. The van der Waals surface area contributed by atoms with E-state index in [-0.39, 0.29) is 19.1 Å². The van der Waals surface area contributed by atoms with E-state index in [4.69, 9.17) is 0 Å². The van der Waals surface area contributed by atoms with Gasteiger partial charge in [-0.2, -0.15) is 0 Å². The van der Waals surface area contributed by atoms with Crippen molar-refractivity contribution in [3.05, 3.63) is 0 Å². The summed E-state index contributed by atoms with van der Waals surface area (Å²) in [6, 6.07) is 1.27. The molecule has 0 radical (unpaired) electrons. The molecule has 0 saturated carbocycles. The fourth-order valence-electron chi connectivity index (χ4n) is 3.15. The molecule has 138 valence electrons. The van der Waals surface area contributed by atoms with Crippen LogP contribution in [0.3, 0.4) is 0 Å². The lowest BCUT2D eigenvalue weighted by Crippen LogP contribution is -2.55. The molecule has 1 unspecified atom stereocenters. The van der Waals surface area contributed by atoms with Crippen LogP contribution in [0.2, 0.25) is 24.7 Å². The number of aliphatic hydroxyl groups is 2. The number of unbranched alkanes of at least 4 members (excludes halogenated alkanes) is 5. The molecular weight excluding hydrogens is 306 g/mol. The van der Waals surface area contributed by atoms with Crippen molar-refractivity contribution in [1.82, 2.24) is 5.32 Å². The van der Waals surface area contributed by atoms with Gasteiger partial charge in [-0.25, -0.2) is 0 Å². The SMILES string of the molecule is CCCCCCCC[Si](C)(C)C(C)CC(CO)(CO)NC(C)=O. The number of carbonyl (C=O) groups excluding carboxylic acids is 1. The summed E-state index contributed by atoms with van der Waals surface area (Å²) in [7, 11) is -1.44. The molecule has 0 saturated heterocycles. The van der Waals surface area contributed by atoms with E-state index in [0.717, 1.165) is 0 Å². The molecule has 5 heteroatoms. The van der Waals surface area contributed by atoms with Crippen LogP contribution in [-0.2, 0) is 4.79 Å². The van der Waals surface area contributed by atoms with E-state index in [1.807, 2.05) is 0 Å². The molecular formula is C18H39NO3Si. The molecule has 4 nitrogen and oxygen atoms in total. The average Bonchev–Trinajstić information content (AvgIpc) is 2.49. The highest BCUT2D eigenvalue weighted by Crippen LogP contribution is 2.34. The Morgan fingerprint density at radius 1 is 1.09 bits per heavy atom. The van der Waals surface area contributed by atoms with Crippen LogP contribution in [0.15, 0.2) is 0 Å². The quantitative estimate of drug-likeness (QED) is 0.352. The second-order valence-electron chi connectivity index (χ2n) is 7.89. The van der Waals surface area contributed by atoms with Crippen LogP contribution >= 0.6 is 0 Å². The molecule has 0 heterocycles. The van der Waals surface area contributed by atoms with Crippen molar-refractivity contribution in [2.45, 2.75) is 95.9 Å². The molecule has 23 heavy (non-hydrogen) atoms. The van der Waals surface area contributed by atoms with Gasteiger partial charge in [-0.05, 0) is 12.0 Å². The van der Waals surface area contributed by atoms with E-state index in [0.29, 0.717) is 12.0 Å². The molecule has 1 atom stereocenters. The molecule has 0 bridgehead atoms. The minimum Gasteiger partial charge on any atom is -0.394 e. The van der Waals surface area contributed by atoms with Crippen LogP contribution in [0.4, 0.5) is 0 Å². The predicted molar refractivity (Wildman–Crippen MR) is 100 cm³/mol. The summed E-state index contributed by atoms with van der Waals surface area (Å²) in [5, 5.41) is 22.1. The topological polar surface area (TPSA) is 69.6 Å². The summed E-state index contributed by atoms with van der Waals surface area (Å²) in [6.07, 6.45) is 8.52. The Bertz CT molecular complexity index is 330. The van der Waals surface area contributed by atoms with Gasteiger partial charge in [0.2, 0.25) is 5.91 Å². The number of hydrogen-bond acceptors (Lipinski definition) is 3. The predicted octanol–water partition coefficient (Wildman–Crippen LogP) is 3.70. The maximum atomic E-state index is 11.4. The van der Waals surface area contributed by atoms with Crippen molar-refractivity contribution in [1.29, 1.82) is 0 Å². The third kappa shape index (κ3) is 8.87. The zero-order valence-electron chi connectivity index (χ0n) is 16.0. The molecule has 0 aromatic rings. The molecule has 0 fully saturated rings. The van der Waals surface area contributed by atoms with Gasteiger partial charge in [-0.1, -0.05) is 71.5 Å². The summed E-state index contributed by atoms with van der Waals surface area (Å²) in [6.45, 7) is 10.2. The monoisotopic (exact) mass is 345 g/mol. The highest BCUT2D eigenvalue weighted by atomic mass is 28.3. The third-order valence-corrected chi connectivity index (χ3v) is 9.77.